The fourth-order valence-electron chi connectivity index (χ4n) is 1.44. The van der Waals surface area contributed by atoms with Crippen molar-refractivity contribution in [1.82, 2.24) is 5.32 Å². The molecule has 14 heavy (non-hydrogen) atoms. The van der Waals surface area contributed by atoms with Crippen molar-refractivity contribution in [3.8, 4) is 0 Å². The monoisotopic (exact) mass is 233 g/mol. The van der Waals surface area contributed by atoms with E-state index in [2.05, 4.69) is 17.9 Å². The Bertz CT molecular complexity index is 191. The highest BCUT2D eigenvalue weighted by Crippen LogP contribution is 2.18. The van der Waals surface area contributed by atoms with Crippen LogP contribution < -0.4 is 5.32 Å². The van der Waals surface area contributed by atoms with Crippen LogP contribution in [0.2, 0.25) is 0 Å². The van der Waals surface area contributed by atoms with Crippen LogP contribution in [0, 0.1) is 5.92 Å². The minimum atomic E-state index is -0.165. The number of amides is 1. The van der Waals surface area contributed by atoms with Crippen molar-refractivity contribution in [2.45, 2.75) is 38.0 Å². The van der Waals surface area contributed by atoms with Crippen LogP contribution in [0.3, 0.4) is 0 Å². The quantitative estimate of drug-likeness (QED) is 0.730. The first kappa shape index (κ1) is 12.2. The number of hydrogen-bond donors (Lipinski definition) is 2. The molecule has 2 unspecified atom stereocenters. The van der Waals surface area contributed by atoms with Crippen LogP contribution >= 0.6 is 24.4 Å². The molecular formula is C10H19NOS2. The van der Waals surface area contributed by atoms with Gasteiger partial charge in [0.1, 0.15) is 0 Å². The van der Waals surface area contributed by atoms with Crippen LogP contribution in [0.15, 0.2) is 0 Å². The summed E-state index contributed by atoms with van der Waals surface area (Å²) in [6, 6.07) is 0.370. The molecule has 0 spiro atoms. The molecule has 1 saturated heterocycles. The fraction of sp³-hybridized carbons (Fsp3) is 0.900. The van der Waals surface area contributed by atoms with Crippen molar-refractivity contribution < 1.29 is 4.79 Å². The Morgan fingerprint density at radius 3 is 2.79 bits per heavy atom. The molecule has 1 heterocycles. The van der Waals surface area contributed by atoms with Crippen LogP contribution in [-0.4, -0.2) is 28.7 Å². The molecule has 0 radical (unpaired) electrons. The Morgan fingerprint density at radius 2 is 2.29 bits per heavy atom. The van der Waals surface area contributed by atoms with Gasteiger partial charge in [-0.25, -0.2) is 0 Å². The number of thiol groups is 1. The van der Waals surface area contributed by atoms with Gasteiger partial charge in [-0.3, -0.25) is 4.79 Å². The van der Waals surface area contributed by atoms with Gasteiger partial charge in [0.05, 0.1) is 5.25 Å². The van der Waals surface area contributed by atoms with E-state index in [0.717, 1.165) is 12.2 Å². The topological polar surface area (TPSA) is 29.1 Å². The van der Waals surface area contributed by atoms with Gasteiger partial charge in [0, 0.05) is 11.8 Å². The van der Waals surface area contributed by atoms with Gasteiger partial charge in [0.2, 0.25) is 5.91 Å². The zero-order chi connectivity index (χ0) is 10.6. The third-order valence-electron chi connectivity index (χ3n) is 2.41. The Hall–Kier alpha value is 0.170. The van der Waals surface area contributed by atoms with Crippen molar-refractivity contribution in [3.05, 3.63) is 0 Å². The van der Waals surface area contributed by atoms with Crippen molar-refractivity contribution in [3.63, 3.8) is 0 Å². The van der Waals surface area contributed by atoms with E-state index in [1.807, 2.05) is 25.6 Å². The van der Waals surface area contributed by atoms with Crippen molar-refractivity contribution in [2.75, 3.05) is 11.5 Å². The third kappa shape index (κ3) is 3.73. The molecule has 1 aliphatic heterocycles. The highest BCUT2D eigenvalue weighted by molar-refractivity contribution is 7.99. The molecule has 0 bridgehead atoms. The maximum absolute atomic E-state index is 11.7. The second-order valence-electron chi connectivity index (χ2n) is 4.11. The molecule has 1 rings (SSSR count). The van der Waals surface area contributed by atoms with E-state index < -0.39 is 0 Å². The molecule has 1 aliphatic rings. The molecule has 0 aliphatic carbocycles. The van der Waals surface area contributed by atoms with Gasteiger partial charge >= 0.3 is 0 Å². The first-order chi connectivity index (χ1) is 6.61. The number of thioether (sulfide) groups is 1. The van der Waals surface area contributed by atoms with E-state index in [0.29, 0.717) is 12.0 Å². The highest BCUT2D eigenvalue weighted by atomic mass is 32.2. The molecule has 0 aromatic heterocycles. The smallest absolute Gasteiger partial charge is 0.233 e. The number of nitrogens with one attached hydrogen (secondary N) is 1. The fourth-order valence-corrected chi connectivity index (χ4v) is 2.59. The summed E-state index contributed by atoms with van der Waals surface area (Å²) < 4.78 is 0. The number of carbonyl (C=O) groups excluding carboxylic acids is 1. The molecule has 1 N–H and O–H groups in total. The molecule has 1 amide bonds. The van der Waals surface area contributed by atoms with Gasteiger partial charge in [-0.05, 0) is 24.5 Å². The van der Waals surface area contributed by atoms with Crippen molar-refractivity contribution in [2.24, 2.45) is 5.92 Å². The average molecular weight is 233 g/mol. The second kappa shape index (κ2) is 5.91. The summed E-state index contributed by atoms with van der Waals surface area (Å²) in [4.78, 5) is 11.7. The number of hydrogen-bond acceptors (Lipinski definition) is 3. The zero-order valence-corrected chi connectivity index (χ0v) is 10.5. The van der Waals surface area contributed by atoms with E-state index in [4.69, 9.17) is 0 Å². The van der Waals surface area contributed by atoms with Gasteiger partial charge in [-0.1, -0.05) is 13.8 Å². The summed E-state index contributed by atoms with van der Waals surface area (Å²) >= 11 is 6.23. The van der Waals surface area contributed by atoms with Crippen LogP contribution in [0.1, 0.15) is 26.7 Å². The van der Waals surface area contributed by atoms with Gasteiger partial charge < -0.3 is 5.32 Å². The minimum absolute atomic E-state index is 0.0934. The van der Waals surface area contributed by atoms with E-state index >= 15 is 0 Å². The van der Waals surface area contributed by atoms with Crippen LogP contribution in [0.25, 0.3) is 0 Å². The minimum Gasteiger partial charge on any atom is -0.352 e. The summed E-state index contributed by atoms with van der Waals surface area (Å²) in [7, 11) is 0. The highest BCUT2D eigenvalue weighted by Gasteiger charge is 2.22. The van der Waals surface area contributed by atoms with E-state index in [1.54, 1.807) is 0 Å². The summed E-state index contributed by atoms with van der Waals surface area (Å²) in [6.07, 6.45) is 2.34. The second-order valence-corrected chi connectivity index (χ2v) is 5.82. The molecule has 2 nitrogen and oxygen atoms in total. The molecule has 0 saturated carbocycles. The van der Waals surface area contributed by atoms with Crippen molar-refractivity contribution in [1.29, 1.82) is 0 Å². The number of carbonyl (C=O) groups is 1. The van der Waals surface area contributed by atoms with Crippen LogP contribution in [-0.2, 0) is 4.79 Å². The number of rotatable bonds is 3. The summed E-state index contributed by atoms with van der Waals surface area (Å²) in [6.45, 7) is 4.04. The SMILES string of the molecule is CC(C)C(S)C(=O)NC1CCCSC1. The molecular weight excluding hydrogens is 214 g/mol. The predicted octanol–water partition coefficient (Wildman–Crippen LogP) is 1.95. The van der Waals surface area contributed by atoms with Crippen LogP contribution in [0.4, 0.5) is 0 Å². The lowest BCUT2D eigenvalue weighted by Crippen LogP contribution is -2.43. The summed E-state index contributed by atoms with van der Waals surface area (Å²) in [5.74, 6) is 2.69. The lowest BCUT2D eigenvalue weighted by atomic mass is 10.1. The zero-order valence-electron chi connectivity index (χ0n) is 8.82. The molecule has 2 atom stereocenters. The van der Waals surface area contributed by atoms with E-state index in [1.165, 1.54) is 12.2 Å². The van der Waals surface area contributed by atoms with Gasteiger partial charge in [0.25, 0.3) is 0 Å². The summed E-state index contributed by atoms with van der Waals surface area (Å²) in [5.41, 5.74) is 0. The van der Waals surface area contributed by atoms with E-state index in [-0.39, 0.29) is 11.2 Å². The average Bonchev–Trinajstić information content (AvgIpc) is 2.18. The largest absolute Gasteiger partial charge is 0.352 e. The van der Waals surface area contributed by atoms with E-state index in [9.17, 15) is 4.79 Å². The van der Waals surface area contributed by atoms with Crippen molar-refractivity contribution >= 4 is 30.3 Å². The molecule has 1 fully saturated rings. The van der Waals surface area contributed by atoms with Crippen LogP contribution in [0.5, 0.6) is 0 Å². The van der Waals surface area contributed by atoms with Gasteiger partial charge in [-0.2, -0.15) is 24.4 Å². The maximum atomic E-state index is 11.7. The summed E-state index contributed by atoms with van der Waals surface area (Å²) in [5, 5.41) is 2.90. The Kier molecular flexibility index (Phi) is 5.17. The lowest BCUT2D eigenvalue weighted by Gasteiger charge is -2.24. The Morgan fingerprint density at radius 1 is 1.57 bits per heavy atom. The van der Waals surface area contributed by atoms with Gasteiger partial charge in [-0.15, -0.1) is 0 Å². The Labute approximate surface area is 96.0 Å². The maximum Gasteiger partial charge on any atom is 0.233 e. The predicted molar refractivity (Wildman–Crippen MR) is 66.1 cm³/mol. The first-order valence-electron chi connectivity index (χ1n) is 5.17. The third-order valence-corrected chi connectivity index (χ3v) is 4.45. The Balaban J connectivity index is 2.31. The molecule has 0 aromatic carbocycles. The first-order valence-corrected chi connectivity index (χ1v) is 6.84. The normalized spacial score (nSPS) is 24.7. The molecule has 82 valence electrons. The molecule has 0 aromatic rings. The molecule has 4 heteroatoms. The standard InChI is InChI=1S/C10H19NOS2/c1-7(2)9(13)10(12)11-8-4-3-5-14-6-8/h7-9,13H,3-6H2,1-2H3,(H,11,12). The lowest BCUT2D eigenvalue weighted by molar-refractivity contribution is -0.121. The van der Waals surface area contributed by atoms with Gasteiger partial charge in [0.15, 0.2) is 0 Å².